The number of halogens is 2. The first-order valence-corrected chi connectivity index (χ1v) is 10.5. The van der Waals surface area contributed by atoms with Crippen molar-refractivity contribution in [1.29, 1.82) is 0 Å². The van der Waals surface area contributed by atoms with Crippen LogP contribution in [0.1, 0.15) is 73.1 Å². The van der Waals surface area contributed by atoms with Crippen molar-refractivity contribution in [2.24, 2.45) is 0 Å². The predicted molar refractivity (Wildman–Crippen MR) is 114 cm³/mol. The molecule has 0 radical (unpaired) electrons. The zero-order valence-corrected chi connectivity index (χ0v) is 17.7. The van der Waals surface area contributed by atoms with E-state index in [4.69, 9.17) is 11.6 Å². The quantitative estimate of drug-likeness (QED) is 0.506. The van der Waals surface area contributed by atoms with Crippen molar-refractivity contribution in [3.8, 4) is 0 Å². The maximum Gasteiger partial charge on any atom is 0.272 e. The average Bonchev–Trinajstić information content (AvgIpc) is 2.73. The van der Waals surface area contributed by atoms with Gasteiger partial charge in [0.05, 0.1) is 16.6 Å². The van der Waals surface area contributed by atoms with E-state index in [1.807, 2.05) is 0 Å². The van der Waals surface area contributed by atoms with Crippen molar-refractivity contribution in [3.63, 3.8) is 0 Å². The number of carbonyl (C=O) groups excluding carboxylic acids is 2. The summed E-state index contributed by atoms with van der Waals surface area (Å²) < 4.78 is 13.3. The molecular formula is C23H28ClFN2O2. The molecule has 0 aliphatic carbocycles. The van der Waals surface area contributed by atoms with Gasteiger partial charge in [-0.3, -0.25) is 15.0 Å². The van der Waals surface area contributed by atoms with Crippen molar-refractivity contribution in [2.75, 3.05) is 0 Å². The Bertz CT molecular complexity index is 803. The maximum absolute atomic E-state index is 13.3. The molecule has 0 saturated carbocycles. The highest BCUT2D eigenvalue weighted by Crippen LogP contribution is 2.20. The highest BCUT2D eigenvalue weighted by molar-refractivity contribution is 6.33. The Morgan fingerprint density at radius 2 is 1.59 bits per heavy atom. The van der Waals surface area contributed by atoms with E-state index in [1.165, 1.54) is 29.3 Å². The summed E-state index contributed by atoms with van der Waals surface area (Å²) in [5.74, 6) is -1.21. The Morgan fingerprint density at radius 3 is 2.14 bits per heavy atom. The van der Waals surface area contributed by atoms with Gasteiger partial charge in [-0.15, -0.1) is 0 Å². The van der Waals surface area contributed by atoms with E-state index in [-0.39, 0.29) is 11.9 Å². The first kappa shape index (κ1) is 22.9. The Hall–Kier alpha value is -2.40. The van der Waals surface area contributed by atoms with E-state index in [2.05, 4.69) is 19.3 Å². The molecule has 156 valence electrons. The molecule has 0 aliphatic rings. The van der Waals surface area contributed by atoms with Crippen LogP contribution in [0.4, 0.5) is 4.39 Å². The summed E-state index contributed by atoms with van der Waals surface area (Å²) >= 11 is 6.16. The molecule has 0 spiro atoms. The molecule has 0 unspecified atom stereocenters. The predicted octanol–water partition coefficient (Wildman–Crippen LogP) is 6.02. The molecule has 2 rings (SSSR count). The number of hydrogen-bond acceptors (Lipinski definition) is 2. The number of hydrogen-bond donors (Lipinski definition) is 1. The lowest BCUT2D eigenvalue weighted by Gasteiger charge is -2.32. The third-order valence-corrected chi connectivity index (χ3v) is 5.13. The van der Waals surface area contributed by atoms with Gasteiger partial charge in [-0.05, 0) is 49.2 Å². The molecule has 6 heteroatoms. The highest BCUT2D eigenvalue weighted by atomic mass is 35.5. The number of carbonyl (C=O) groups is 2. The van der Waals surface area contributed by atoms with Crippen molar-refractivity contribution in [1.82, 2.24) is 10.4 Å². The topological polar surface area (TPSA) is 49.4 Å². The summed E-state index contributed by atoms with van der Waals surface area (Å²) in [5.41, 5.74) is 3.40. The third kappa shape index (κ3) is 6.57. The normalized spacial score (nSPS) is 10.8. The molecule has 0 fully saturated rings. The zero-order chi connectivity index (χ0) is 21.2. The molecule has 4 nitrogen and oxygen atoms in total. The first-order chi connectivity index (χ1) is 14.0. The molecule has 0 bridgehead atoms. The molecule has 0 saturated heterocycles. The van der Waals surface area contributed by atoms with Crippen LogP contribution in [0.15, 0.2) is 48.5 Å². The summed E-state index contributed by atoms with van der Waals surface area (Å²) in [6.45, 7) is 4.18. The molecule has 0 heterocycles. The lowest BCUT2D eigenvalue weighted by molar-refractivity contribution is 0.0450. The number of rotatable bonds is 9. The molecule has 2 aromatic rings. The second kappa shape index (κ2) is 11.6. The van der Waals surface area contributed by atoms with E-state index in [0.29, 0.717) is 16.1 Å². The van der Waals surface area contributed by atoms with Gasteiger partial charge in [0.1, 0.15) is 5.82 Å². The molecule has 0 atom stereocenters. The minimum atomic E-state index is -0.441. The molecule has 2 amide bonds. The number of hydrazine groups is 1. The van der Waals surface area contributed by atoms with Gasteiger partial charge >= 0.3 is 0 Å². The third-order valence-electron chi connectivity index (χ3n) is 4.80. The van der Waals surface area contributed by atoms with Gasteiger partial charge in [0.15, 0.2) is 0 Å². The van der Waals surface area contributed by atoms with Gasteiger partial charge in [0.25, 0.3) is 11.8 Å². The van der Waals surface area contributed by atoms with Crippen LogP contribution in [0.3, 0.4) is 0 Å². The number of amides is 2. The Balaban J connectivity index is 2.34. The van der Waals surface area contributed by atoms with Gasteiger partial charge in [-0.25, -0.2) is 9.40 Å². The van der Waals surface area contributed by atoms with E-state index >= 15 is 0 Å². The number of nitrogens with one attached hydrogen (secondary N) is 1. The van der Waals surface area contributed by atoms with Crippen molar-refractivity contribution in [2.45, 2.75) is 58.4 Å². The van der Waals surface area contributed by atoms with E-state index in [9.17, 15) is 14.0 Å². The summed E-state index contributed by atoms with van der Waals surface area (Å²) in [6, 6.07) is 11.9. The van der Waals surface area contributed by atoms with Crippen LogP contribution in [-0.2, 0) is 0 Å². The minimum absolute atomic E-state index is 0.154. The van der Waals surface area contributed by atoms with Gasteiger partial charge < -0.3 is 0 Å². The summed E-state index contributed by atoms with van der Waals surface area (Å²) in [4.78, 5) is 26.1. The number of benzene rings is 2. The largest absolute Gasteiger partial charge is 0.272 e. The molecule has 0 aliphatic heterocycles. The summed E-state index contributed by atoms with van der Waals surface area (Å²) in [5, 5.41) is 1.72. The Labute approximate surface area is 177 Å². The van der Waals surface area contributed by atoms with E-state index < -0.39 is 11.7 Å². The fraction of sp³-hybridized carbons (Fsp3) is 0.391. The standard InChI is InChI=1S/C23H28ClFN2O2/c1-3-5-9-19(10-6-4-2)27(23(29)17-13-15-18(25)16-14-17)26-22(28)20-11-7-8-12-21(20)24/h7-8,11-16,19H,3-6,9-10H2,1-2H3,(H,26,28). The van der Waals surface area contributed by atoms with Gasteiger partial charge in [0.2, 0.25) is 0 Å². The lowest BCUT2D eigenvalue weighted by atomic mass is 10.0. The second-order valence-corrected chi connectivity index (χ2v) is 7.45. The van der Waals surface area contributed by atoms with Crippen LogP contribution in [-0.4, -0.2) is 22.9 Å². The van der Waals surface area contributed by atoms with Crippen LogP contribution in [0.5, 0.6) is 0 Å². The van der Waals surface area contributed by atoms with E-state index in [1.54, 1.807) is 24.3 Å². The van der Waals surface area contributed by atoms with Gasteiger partial charge in [-0.2, -0.15) is 0 Å². The van der Waals surface area contributed by atoms with Crippen molar-refractivity contribution in [3.05, 3.63) is 70.5 Å². The molecule has 0 aromatic heterocycles. The Kier molecular flexibility index (Phi) is 9.13. The van der Waals surface area contributed by atoms with Gasteiger partial charge in [0, 0.05) is 5.56 Å². The van der Waals surface area contributed by atoms with Crippen LogP contribution in [0, 0.1) is 5.82 Å². The molecule has 2 aromatic carbocycles. The smallest absolute Gasteiger partial charge is 0.267 e. The highest BCUT2D eigenvalue weighted by Gasteiger charge is 2.27. The second-order valence-electron chi connectivity index (χ2n) is 7.04. The number of nitrogens with zero attached hydrogens (tertiary/aromatic N) is 1. The first-order valence-electron chi connectivity index (χ1n) is 10.1. The minimum Gasteiger partial charge on any atom is -0.267 e. The summed E-state index contributed by atoms with van der Waals surface area (Å²) in [6.07, 6.45) is 5.38. The monoisotopic (exact) mass is 418 g/mol. The lowest BCUT2D eigenvalue weighted by Crippen LogP contribution is -2.52. The van der Waals surface area contributed by atoms with E-state index in [0.717, 1.165) is 38.5 Å². The molecular weight excluding hydrogens is 391 g/mol. The van der Waals surface area contributed by atoms with Crippen LogP contribution >= 0.6 is 11.6 Å². The van der Waals surface area contributed by atoms with Crippen molar-refractivity contribution < 1.29 is 14.0 Å². The SMILES string of the molecule is CCCCC(CCCC)N(NC(=O)c1ccccc1Cl)C(=O)c1ccc(F)cc1. The maximum atomic E-state index is 13.3. The van der Waals surface area contributed by atoms with Crippen LogP contribution < -0.4 is 5.43 Å². The number of unbranched alkanes of at least 4 members (excludes halogenated alkanes) is 2. The van der Waals surface area contributed by atoms with Crippen LogP contribution in [0.2, 0.25) is 5.02 Å². The van der Waals surface area contributed by atoms with Crippen LogP contribution in [0.25, 0.3) is 0 Å². The van der Waals surface area contributed by atoms with Crippen molar-refractivity contribution >= 4 is 23.4 Å². The average molecular weight is 419 g/mol. The summed E-state index contributed by atoms with van der Waals surface area (Å²) in [7, 11) is 0. The fourth-order valence-corrected chi connectivity index (χ4v) is 3.36. The van der Waals surface area contributed by atoms with Gasteiger partial charge in [-0.1, -0.05) is 63.3 Å². The fourth-order valence-electron chi connectivity index (χ4n) is 3.14. The molecule has 1 N–H and O–H groups in total. The molecule has 29 heavy (non-hydrogen) atoms. The zero-order valence-electron chi connectivity index (χ0n) is 17.0. The Morgan fingerprint density at radius 1 is 1.00 bits per heavy atom.